The molecule has 0 bridgehead atoms. The quantitative estimate of drug-likeness (QED) is 0.632. The maximum Gasteiger partial charge on any atom is 0.335 e. The number of carboxylic acid groups (broad SMARTS) is 1. The molecule has 1 N–H and O–H groups in total. The second kappa shape index (κ2) is 8.44. The highest BCUT2D eigenvalue weighted by atomic mass is 32.1. The first-order valence-corrected chi connectivity index (χ1v) is 11.2. The standard InChI is InChI=1S/C22H26N6O3S/c1-14-19(32-15(2)23-14)20(29)26-9-11-27(12-10-26)22(3,4)18-13-28(25-24-18)17-7-5-16(6-8-17)21(30)31/h5-8,13H,9-12H2,1-4H3,(H,30,31). The van der Waals surface area contributed by atoms with Gasteiger partial charge in [-0.05, 0) is 52.0 Å². The van der Waals surface area contributed by atoms with Crippen LogP contribution in [0.15, 0.2) is 30.5 Å². The van der Waals surface area contributed by atoms with Crippen molar-refractivity contribution in [3.05, 3.63) is 57.3 Å². The van der Waals surface area contributed by atoms with Gasteiger partial charge in [0.05, 0.1) is 33.7 Å². The molecule has 1 aliphatic rings. The summed E-state index contributed by atoms with van der Waals surface area (Å²) in [5.74, 6) is -0.906. The molecule has 32 heavy (non-hydrogen) atoms. The molecule has 168 valence electrons. The Labute approximate surface area is 190 Å². The minimum atomic E-state index is -0.963. The summed E-state index contributed by atoms with van der Waals surface area (Å²) >= 11 is 1.45. The summed E-state index contributed by atoms with van der Waals surface area (Å²) in [6.45, 7) is 10.8. The summed E-state index contributed by atoms with van der Waals surface area (Å²) in [4.78, 5) is 33.3. The highest BCUT2D eigenvalue weighted by Gasteiger charge is 2.35. The van der Waals surface area contributed by atoms with E-state index in [0.29, 0.717) is 13.1 Å². The van der Waals surface area contributed by atoms with Gasteiger partial charge >= 0.3 is 5.97 Å². The fraction of sp³-hybridized carbons (Fsp3) is 0.409. The zero-order chi connectivity index (χ0) is 23.0. The summed E-state index contributed by atoms with van der Waals surface area (Å²) in [7, 11) is 0. The van der Waals surface area contributed by atoms with Crippen LogP contribution >= 0.6 is 11.3 Å². The number of carbonyl (C=O) groups is 2. The number of thiazole rings is 1. The number of rotatable bonds is 5. The SMILES string of the molecule is Cc1nc(C)c(C(=O)N2CCN(C(C)(C)c3cn(-c4ccc(C(=O)O)cc4)nn3)CC2)s1. The van der Waals surface area contributed by atoms with Gasteiger partial charge in [0.25, 0.3) is 5.91 Å². The number of aromatic nitrogens is 4. The van der Waals surface area contributed by atoms with Crippen LogP contribution in [0.25, 0.3) is 5.69 Å². The minimum absolute atomic E-state index is 0.0568. The van der Waals surface area contributed by atoms with Crippen molar-refractivity contribution in [2.45, 2.75) is 33.2 Å². The molecular formula is C22H26N6O3S. The smallest absolute Gasteiger partial charge is 0.335 e. The van der Waals surface area contributed by atoms with Gasteiger partial charge in [-0.25, -0.2) is 14.5 Å². The normalized spacial score (nSPS) is 15.2. The molecule has 9 nitrogen and oxygen atoms in total. The van der Waals surface area contributed by atoms with Gasteiger partial charge < -0.3 is 10.0 Å². The molecule has 1 aliphatic heterocycles. The monoisotopic (exact) mass is 454 g/mol. The molecule has 1 amide bonds. The first-order valence-electron chi connectivity index (χ1n) is 10.4. The molecule has 1 fully saturated rings. The van der Waals surface area contributed by atoms with Crippen LogP contribution in [0.3, 0.4) is 0 Å². The summed E-state index contributed by atoms with van der Waals surface area (Å²) in [5.41, 5.74) is 2.22. The Morgan fingerprint density at radius 3 is 2.28 bits per heavy atom. The molecule has 0 aliphatic carbocycles. The zero-order valence-corrected chi connectivity index (χ0v) is 19.4. The second-order valence-corrected chi connectivity index (χ2v) is 9.59. The van der Waals surface area contributed by atoms with Gasteiger partial charge in [0.15, 0.2) is 0 Å². The Bertz CT molecular complexity index is 1140. The van der Waals surface area contributed by atoms with E-state index in [2.05, 4.69) is 34.0 Å². The number of aromatic carboxylic acids is 1. The van der Waals surface area contributed by atoms with Gasteiger partial charge in [0, 0.05) is 26.2 Å². The number of hydrogen-bond donors (Lipinski definition) is 1. The van der Waals surface area contributed by atoms with Gasteiger partial charge in [0.1, 0.15) is 10.6 Å². The average Bonchev–Trinajstić information content (AvgIpc) is 3.40. The number of amides is 1. The lowest BCUT2D eigenvalue weighted by Crippen LogP contribution is -2.54. The molecule has 0 spiro atoms. The fourth-order valence-electron chi connectivity index (χ4n) is 3.93. The van der Waals surface area contributed by atoms with Crippen LogP contribution in [0, 0.1) is 13.8 Å². The van der Waals surface area contributed by atoms with Gasteiger partial charge in [-0.1, -0.05) is 5.21 Å². The minimum Gasteiger partial charge on any atom is -0.478 e. The van der Waals surface area contributed by atoms with Gasteiger partial charge in [-0.15, -0.1) is 16.4 Å². The zero-order valence-electron chi connectivity index (χ0n) is 18.6. The van der Waals surface area contributed by atoms with Crippen LogP contribution in [-0.2, 0) is 5.54 Å². The van der Waals surface area contributed by atoms with Gasteiger partial charge in [-0.3, -0.25) is 9.69 Å². The number of piperazine rings is 1. The van der Waals surface area contributed by atoms with Crippen molar-refractivity contribution in [2.75, 3.05) is 26.2 Å². The molecule has 0 atom stereocenters. The molecular weight excluding hydrogens is 428 g/mol. The van der Waals surface area contributed by atoms with Crippen molar-refractivity contribution >= 4 is 23.2 Å². The number of aryl methyl sites for hydroxylation is 2. The second-order valence-electron chi connectivity index (χ2n) is 8.39. The number of benzene rings is 1. The molecule has 4 rings (SSSR count). The number of carboxylic acids is 1. The maximum absolute atomic E-state index is 12.9. The Morgan fingerprint density at radius 1 is 1.06 bits per heavy atom. The van der Waals surface area contributed by atoms with Crippen LogP contribution < -0.4 is 0 Å². The summed E-state index contributed by atoms with van der Waals surface area (Å²) in [6.07, 6.45) is 1.87. The molecule has 3 aromatic rings. The molecule has 1 aromatic carbocycles. The van der Waals surface area contributed by atoms with E-state index in [1.165, 1.54) is 11.3 Å². The number of hydrogen-bond acceptors (Lipinski definition) is 7. The molecule has 10 heteroatoms. The third-order valence-corrected chi connectivity index (χ3v) is 7.02. The summed E-state index contributed by atoms with van der Waals surface area (Å²) in [6, 6.07) is 6.52. The van der Waals surface area contributed by atoms with E-state index in [1.807, 2.05) is 24.9 Å². The van der Waals surface area contributed by atoms with E-state index in [4.69, 9.17) is 5.11 Å². The van der Waals surface area contributed by atoms with Crippen LogP contribution in [0.1, 0.15) is 50.3 Å². The Kier molecular flexibility index (Phi) is 5.83. The van der Waals surface area contributed by atoms with Crippen LogP contribution in [-0.4, -0.2) is 72.9 Å². The average molecular weight is 455 g/mol. The highest BCUT2D eigenvalue weighted by Crippen LogP contribution is 2.28. The van der Waals surface area contributed by atoms with E-state index >= 15 is 0 Å². The number of nitrogens with zero attached hydrogens (tertiary/aromatic N) is 6. The van der Waals surface area contributed by atoms with E-state index in [1.54, 1.807) is 28.9 Å². The lowest BCUT2D eigenvalue weighted by atomic mass is 9.97. The molecule has 0 saturated carbocycles. The van der Waals surface area contributed by atoms with Crippen molar-refractivity contribution in [1.29, 1.82) is 0 Å². The molecule has 3 heterocycles. The van der Waals surface area contributed by atoms with E-state index in [9.17, 15) is 9.59 Å². The fourth-order valence-corrected chi connectivity index (χ4v) is 4.82. The lowest BCUT2D eigenvalue weighted by molar-refractivity contribution is 0.0381. The number of carbonyl (C=O) groups excluding carboxylic acids is 1. The van der Waals surface area contributed by atoms with Crippen LogP contribution in [0.5, 0.6) is 0 Å². The third-order valence-electron chi connectivity index (χ3n) is 5.95. The molecule has 0 unspecified atom stereocenters. The topological polar surface area (TPSA) is 104 Å². The Balaban J connectivity index is 1.44. The van der Waals surface area contributed by atoms with E-state index in [-0.39, 0.29) is 17.0 Å². The molecule has 0 radical (unpaired) electrons. The van der Waals surface area contributed by atoms with Crippen molar-refractivity contribution in [3.63, 3.8) is 0 Å². The molecule has 2 aromatic heterocycles. The maximum atomic E-state index is 12.9. The van der Waals surface area contributed by atoms with Crippen LogP contribution in [0.2, 0.25) is 0 Å². The lowest BCUT2D eigenvalue weighted by Gasteiger charge is -2.43. The van der Waals surface area contributed by atoms with Gasteiger partial charge in [-0.2, -0.15) is 0 Å². The van der Waals surface area contributed by atoms with Crippen molar-refractivity contribution in [2.24, 2.45) is 0 Å². The predicted molar refractivity (Wildman–Crippen MR) is 120 cm³/mol. The Hall–Kier alpha value is -3.11. The van der Waals surface area contributed by atoms with E-state index < -0.39 is 5.97 Å². The molecule has 1 saturated heterocycles. The summed E-state index contributed by atoms with van der Waals surface area (Å²) in [5, 5.41) is 18.6. The predicted octanol–water partition coefficient (Wildman–Crippen LogP) is 2.73. The van der Waals surface area contributed by atoms with Crippen LogP contribution in [0.4, 0.5) is 0 Å². The van der Waals surface area contributed by atoms with Crippen molar-refractivity contribution in [1.82, 2.24) is 29.8 Å². The third kappa shape index (κ3) is 4.15. The summed E-state index contributed by atoms with van der Waals surface area (Å²) < 4.78 is 1.65. The first-order chi connectivity index (χ1) is 15.2. The largest absolute Gasteiger partial charge is 0.478 e. The first kappa shape index (κ1) is 22.1. The van der Waals surface area contributed by atoms with Crippen molar-refractivity contribution in [3.8, 4) is 5.69 Å². The van der Waals surface area contributed by atoms with Crippen molar-refractivity contribution < 1.29 is 14.7 Å². The van der Waals surface area contributed by atoms with Gasteiger partial charge in [0.2, 0.25) is 0 Å². The Morgan fingerprint density at radius 2 is 1.72 bits per heavy atom. The van der Waals surface area contributed by atoms with E-state index in [0.717, 1.165) is 40.0 Å². The highest BCUT2D eigenvalue weighted by molar-refractivity contribution is 7.13.